The van der Waals surface area contributed by atoms with Crippen LogP contribution in [-0.2, 0) is 15.6 Å². The molecular formula is C9H17N3O3S. The molecule has 1 heterocycles. The zero-order valence-electron chi connectivity index (χ0n) is 9.73. The van der Waals surface area contributed by atoms with Gasteiger partial charge in [-0.2, -0.15) is 4.98 Å². The van der Waals surface area contributed by atoms with E-state index in [2.05, 4.69) is 15.5 Å². The summed E-state index contributed by atoms with van der Waals surface area (Å²) < 4.78 is 27.0. The van der Waals surface area contributed by atoms with Crippen molar-refractivity contribution in [2.24, 2.45) is 0 Å². The fourth-order valence-corrected chi connectivity index (χ4v) is 1.80. The number of likely N-dealkylation sites (N-methyl/N-ethyl adjacent to an activating group) is 1. The Bertz CT molecular complexity index is 427. The second-order valence-electron chi connectivity index (χ2n) is 3.83. The van der Waals surface area contributed by atoms with Crippen molar-refractivity contribution in [1.29, 1.82) is 0 Å². The molecule has 0 saturated carbocycles. The van der Waals surface area contributed by atoms with E-state index in [0.29, 0.717) is 5.89 Å². The number of nitrogens with zero attached hydrogens (tertiary/aromatic N) is 2. The molecule has 1 unspecified atom stereocenters. The summed E-state index contributed by atoms with van der Waals surface area (Å²) in [5, 5.41) is 6.80. The van der Waals surface area contributed by atoms with Crippen molar-refractivity contribution in [3.63, 3.8) is 0 Å². The minimum atomic E-state index is -3.11. The van der Waals surface area contributed by atoms with Gasteiger partial charge in [0, 0.05) is 18.7 Å². The highest BCUT2D eigenvalue weighted by Gasteiger charge is 2.16. The van der Waals surface area contributed by atoms with Gasteiger partial charge in [-0.05, 0) is 6.54 Å². The van der Waals surface area contributed by atoms with Crippen LogP contribution in [0.5, 0.6) is 0 Å². The van der Waals surface area contributed by atoms with Gasteiger partial charge in [0.25, 0.3) is 0 Å². The van der Waals surface area contributed by atoms with Crippen LogP contribution in [0.4, 0.5) is 0 Å². The molecule has 0 aliphatic carbocycles. The predicted octanol–water partition coefficient (Wildman–Crippen LogP) is 0.327. The molecule has 1 N–H and O–H groups in total. The number of hydrogen-bond donors (Lipinski definition) is 1. The molecule has 0 aromatic carbocycles. The van der Waals surface area contributed by atoms with Gasteiger partial charge in [0.05, 0.1) is 0 Å². The second kappa shape index (κ2) is 5.40. The van der Waals surface area contributed by atoms with Crippen molar-refractivity contribution < 1.29 is 12.9 Å². The number of rotatable bonds is 6. The van der Waals surface area contributed by atoms with E-state index < -0.39 is 9.84 Å². The molecule has 1 aromatic heterocycles. The number of hydrogen-bond acceptors (Lipinski definition) is 6. The van der Waals surface area contributed by atoms with Crippen molar-refractivity contribution in [2.75, 3.05) is 19.3 Å². The average molecular weight is 247 g/mol. The van der Waals surface area contributed by atoms with E-state index in [9.17, 15) is 8.42 Å². The minimum absolute atomic E-state index is 0.0840. The highest BCUT2D eigenvalue weighted by Crippen LogP contribution is 2.12. The zero-order chi connectivity index (χ0) is 12.2. The minimum Gasteiger partial charge on any atom is -0.339 e. The third-order valence-electron chi connectivity index (χ3n) is 2.00. The monoisotopic (exact) mass is 247 g/mol. The second-order valence-corrected chi connectivity index (χ2v) is 5.97. The van der Waals surface area contributed by atoms with E-state index in [1.165, 1.54) is 0 Å². The third-order valence-corrected chi connectivity index (χ3v) is 2.78. The van der Waals surface area contributed by atoms with Gasteiger partial charge in [-0.15, -0.1) is 0 Å². The number of nitrogens with one attached hydrogen (secondary N) is 1. The molecule has 0 saturated heterocycles. The molecule has 0 amide bonds. The summed E-state index contributed by atoms with van der Waals surface area (Å²) in [6, 6.07) is 0. The maximum absolute atomic E-state index is 11.0. The van der Waals surface area contributed by atoms with Crippen molar-refractivity contribution in [3.05, 3.63) is 11.7 Å². The number of aromatic nitrogens is 2. The predicted molar refractivity (Wildman–Crippen MR) is 59.8 cm³/mol. The molecule has 6 nitrogen and oxygen atoms in total. The molecule has 0 bridgehead atoms. The van der Waals surface area contributed by atoms with Gasteiger partial charge in [-0.25, -0.2) is 8.42 Å². The van der Waals surface area contributed by atoms with Gasteiger partial charge in [-0.1, -0.05) is 19.0 Å². The van der Waals surface area contributed by atoms with Crippen LogP contribution >= 0.6 is 0 Å². The Morgan fingerprint density at radius 2 is 2.19 bits per heavy atom. The molecule has 1 atom stereocenters. The van der Waals surface area contributed by atoms with Gasteiger partial charge in [0.2, 0.25) is 5.89 Å². The molecule has 1 rings (SSSR count). The molecule has 0 radical (unpaired) electrons. The lowest BCUT2D eigenvalue weighted by molar-refractivity contribution is 0.352. The SMILES string of the molecule is CCNCC(C)c1nc(CS(C)(=O)=O)no1. The Morgan fingerprint density at radius 1 is 1.50 bits per heavy atom. The smallest absolute Gasteiger partial charge is 0.230 e. The van der Waals surface area contributed by atoms with Gasteiger partial charge < -0.3 is 9.84 Å². The van der Waals surface area contributed by atoms with Crippen molar-refractivity contribution in [1.82, 2.24) is 15.5 Å². The summed E-state index contributed by atoms with van der Waals surface area (Å²) >= 11 is 0. The summed E-state index contributed by atoms with van der Waals surface area (Å²) in [5.41, 5.74) is 0. The molecule has 1 aromatic rings. The molecule has 0 fully saturated rings. The molecule has 0 aliphatic heterocycles. The van der Waals surface area contributed by atoms with Crippen molar-refractivity contribution in [2.45, 2.75) is 25.5 Å². The highest BCUT2D eigenvalue weighted by molar-refractivity contribution is 7.89. The maximum Gasteiger partial charge on any atom is 0.230 e. The molecule has 92 valence electrons. The van der Waals surface area contributed by atoms with Crippen LogP contribution in [0.1, 0.15) is 31.5 Å². The Hall–Kier alpha value is -0.950. The fraction of sp³-hybridized carbons (Fsp3) is 0.778. The van der Waals surface area contributed by atoms with Gasteiger partial charge in [0.15, 0.2) is 15.7 Å². The zero-order valence-corrected chi connectivity index (χ0v) is 10.5. The lowest BCUT2D eigenvalue weighted by Gasteiger charge is -2.05. The lowest BCUT2D eigenvalue weighted by Crippen LogP contribution is -2.19. The molecular weight excluding hydrogens is 230 g/mol. The van der Waals surface area contributed by atoms with Crippen molar-refractivity contribution >= 4 is 9.84 Å². The Balaban J connectivity index is 2.64. The number of sulfone groups is 1. The van der Waals surface area contributed by atoms with Crippen LogP contribution in [0.15, 0.2) is 4.52 Å². The van der Waals surface area contributed by atoms with Crippen LogP contribution < -0.4 is 5.32 Å². The van der Waals surface area contributed by atoms with Gasteiger partial charge in [-0.3, -0.25) is 0 Å². The summed E-state index contributed by atoms with van der Waals surface area (Å²) in [6.45, 7) is 5.56. The highest BCUT2D eigenvalue weighted by atomic mass is 32.2. The molecule has 0 spiro atoms. The Labute approximate surface area is 95.3 Å². The Morgan fingerprint density at radius 3 is 2.75 bits per heavy atom. The lowest BCUT2D eigenvalue weighted by atomic mass is 10.2. The van der Waals surface area contributed by atoms with E-state index in [0.717, 1.165) is 19.3 Å². The van der Waals surface area contributed by atoms with E-state index in [1.807, 2.05) is 13.8 Å². The van der Waals surface area contributed by atoms with Gasteiger partial charge >= 0.3 is 0 Å². The van der Waals surface area contributed by atoms with Crippen LogP contribution in [0.3, 0.4) is 0 Å². The van der Waals surface area contributed by atoms with E-state index in [1.54, 1.807) is 0 Å². The summed E-state index contributed by atoms with van der Waals surface area (Å²) in [5.74, 6) is 0.603. The maximum atomic E-state index is 11.0. The fourth-order valence-electron chi connectivity index (χ4n) is 1.21. The van der Waals surface area contributed by atoms with Crippen LogP contribution in [0, 0.1) is 0 Å². The quantitative estimate of drug-likeness (QED) is 0.779. The topological polar surface area (TPSA) is 85.1 Å². The van der Waals surface area contributed by atoms with Crippen LogP contribution in [0.2, 0.25) is 0 Å². The summed E-state index contributed by atoms with van der Waals surface area (Å²) in [4.78, 5) is 4.05. The standard InChI is InChI=1S/C9H17N3O3S/c1-4-10-5-7(2)9-11-8(12-15-9)6-16(3,13)14/h7,10H,4-6H2,1-3H3. The first-order valence-electron chi connectivity index (χ1n) is 5.13. The summed E-state index contributed by atoms with van der Waals surface area (Å²) in [7, 11) is -3.11. The first-order valence-corrected chi connectivity index (χ1v) is 7.19. The molecule has 0 aliphatic rings. The normalized spacial score (nSPS) is 13.9. The van der Waals surface area contributed by atoms with Crippen LogP contribution in [-0.4, -0.2) is 37.9 Å². The first kappa shape index (κ1) is 13.1. The summed E-state index contributed by atoms with van der Waals surface area (Å²) in [6.07, 6.45) is 1.14. The van der Waals surface area contributed by atoms with E-state index >= 15 is 0 Å². The van der Waals surface area contributed by atoms with Crippen molar-refractivity contribution in [3.8, 4) is 0 Å². The first-order chi connectivity index (χ1) is 7.42. The largest absolute Gasteiger partial charge is 0.339 e. The van der Waals surface area contributed by atoms with E-state index in [-0.39, 0.29) is 17.5 Å². The Kier molecular flexibility index (Phi) is 4.43. The molecule has 7 heteroatoms. The van der Waals surface area contributed by atoms with Gasteiger partial charge in [0.1, 0.15) is 5.75 Å². The molecule has 16 heavy (non-hydrogen) atoms. The third kappa shape index (κ3) is 4.28. The van der Waals surface area contributed by atoms with Crippen LogP contribution in [0.25, 0.3) is 0 Å². The average Bonchev–Trinajstić information content (AvgIpc) is 2.59. The van der Waals surface area contributed by atoms with E-state index in [4.69, 9.17) is 4.52 Å².